The highest BCUT2D eigenvalue weighted by atomic mass is 35.5. The molecule has 222 valence electrons. The molecule has 11 heteroatoms. The van der Waals surface area contributed by atoms with Gasteiger partial charge < -0.3 is 20.1 Å². The molecular weight excluding hydrogens is 556 g/mol. The number of morpholine rings is 1. The van der Waals surface area contributed by atoms with Gasteiger partial charge in [-0.05, 0) is 62.7 Å². The number of carbonyl (C=O) groups is 2. The Hall–Kier alpha value is -3.62. The summed E-state index contributed by atoms with van der Waals surface area (Å²) in [4.78, 5) is 33.4. The van der Waals surface area contributed by atoms with Gasteiger partial charge in [-0.2, -0.15) is 5.26 Å². The van der Waals surface area contributed by atoms with Crippen molar-refractivity contribution in [3.05, 3.63) is 64.3 Å². The minimum Gasteiger partial charge on any atom is -0.443 e. The zero-order valence-electron chi connectivity index (χ0n) is 24.3. The van der Waals surface area contributed by atoms with Crippen LogP contribution in [-0.4, -0.2) is 88.8 Å². The second-order valence-corrected chi connectivity index (χ2v) is 12.4. The number of amides is 1. The molecule has 1 unspecified atom stereocenters. The highest BCUT2D eigenvalue weighted by Crippen LogP contribution is 2.27. The molecule has 1 aromatic heterocycles. The number of nitrogens with two attached hydrogens (primary N) is 1. The third-order valence-corrected chi connectivity index (χ3v) is 7.79. The molecule has 2 aliphatic rings. The van der Waals surface area contributed by atoms with Crippen molar-refractivity contribution in [2.75, 3.05) is 51.7 Å². The summed E-state index contributed by atoms with van der Waals surface area (Å²) in [6.07, 6.45) is -0.469. The molecule has 2 N–H and O–H groups in total. The van der Waals surface area contributed by atoms with E-state index in [4.69, 9.17) is 26.8 Å². The molecule has 2 fully saturated rings. The third kappa shape index (κ3) is 6.88. The molecule has 0 saturated carbocycles. The first-order valence-corrected chi connectivity index (χ1v) is 14.5. The van der Waals surface area contributed by atoms with Gasteiger partial charge in [0, 0.05) is 61.1 Å². The summed E-state index contributed by atoms with van der Waals surface area (Å²) in [5.41, 5.74) is 8.54. The van der Waals surface area contributed by atoms with Gasteiger partial charge in [-0.1, -0.05) is 17.7 Å². The van der Waals surface area contributed by atoms with Gasteiger partial charge >= 0.3 is 6.09 Å². The van der Waals surface area contributed by atoms with E-state index in [9.17, 15) is 14.9 Å². The van der Waals surface area contributed by atoms with Crippen molar-refractivity contribution in [3.8, 4) is 6.07 Å². The molecule has 2 saturated heterocycles. The number of benzene rings is 2. The van der Waals surface area contributed by atoms with Gasteiger partial charge in [0.05, 0.1) is 36.9 Å². The van der Waals surface area contributed by atoms with Crippen LogP contribution >= 0.6 is 11.6 Å². The Bertz CT molecular complexity index is 1520. The largest absolute Gasteiger partial charge is 0.443 e. The lowest BCUT2D eigenvalue weighted by Crippen LogP contribution is -2.59. The number of rotatable bonds is 6. The smallest absolute Gasteiger partial charge is 0.419 e. The molecule has 2 aromatic carbocycles. The summed E-state index contributed by atoms with van der Waals surface area (Å²) in [6.45, 7) is 10.7. The van der Waals surface area contributed by atoms with Crippen LogP contribution in [0.5, 0.6) is 0 Å². The van der Waals surface area contributed by atoms with Crippen molar-refractivity contribution in [2.24, 2.45) is 0 Å². The van der Waals surface area contributed by atoms with E-state index in [0.29, 0.717) is 61.2 Å². The number of fused-ring (bicyclic) bond motifs is 1. The van der Waals surface area contributed by atoms with E-state index in [1.807, 2.05) is 49.9 Å². The van der Waals surface area contributed by atoms with Gasteiger partial charge in [0.2, 0.25) is 5.91 Å². The van der Waals surface area contributed by atoms with E-state index in [1.54, 1.807) is 22.8 Å². The number of hydrogen-bond donors (Lipinski definition) is 1. The molecule has 2 aliphatic heterocycles. The Morgan fingerprint density at radius 2 is 1.88 bits per heavy atom. The van der Waals surface area contributed by atoms with Gasteiger partial charge in [0.25, 0.3) is 0 Å². The minimum absolute atomic E-state index is 0.00888. The van der Waals surface area contributed by atoms with Crippen LogP contribution < -0.4 is 5.73 Å². The zero-order valence-corrected chi connectivity index (χ0v) is 25.1. The molecule has 0 aliphatic carbocycles. The van der Waals surface area contributed by atoms with Gasteiger partial charge in [-0.15, -0.1) is 0 Å². The van der Waals surface area contributed by atoms with E-state index >= 15 is 0 Å². The Morgan fingerprint density at radius 3 is 2.57 bits per heavy atom. The molecule has 42 heavy (non-hydrogen) atoms. The van der Waals surface area contributed by atoms with Crippen molar-refractivity contribution in [3.63, 3.8) is 0 Å². The van der Waals surface area contributed by atoms with E-state index < -0.39 is 11.7 Å². The highest BCUT2D eigenvalue weighted by Gasteiger charge is 2.35. The summed E-state index contributed by atoms with van der Waals surface area (Å²) < 4.78 is 12.9. The van der Waals surface area contributed by atoms with Gasteiger partial charge in [0.15, 0.2) is 0 Å². The van der Waals surface area contributed by atoms with Crippen LogP contribution in [0, 0.1) is 11.3 Å². The Balaban J connectivity index is 1.42. The van der Waals surface area contributed by atoms with Crippen molar-refractivity contribution in [1.29, 1.82) is 5.26 Å². The quantitative estimate of drug-likeness (QED) is 0.426. The Kier molecular flexibility index (Phi) is 8.76. The number of carbonyl (C=O) groups excluding carboxylic acids is 2. The number of nitrogens with zero attached hydrogens (tertiary/aromatic N) is 5. The second kappa shape index (κ2) is 12.3. The van der Waals surface area contributed by atoms with E-state index in [1.165, 1.54) is 0 Å². The first-order chi connectivity index (χ1) is 20.0. The molecule has 3 heterocycles. The molecule has 1 amide bonds. The molecule has 0 radical (unpaired) electrons. The number of piperazine rings is 1. The minimum atomic E-state index is -0.670. The normalized spacial score (nSPS) is 18.8. The summed E-state index contributed by atoms with van der Waals surface area (Å²) in [7, 11) is 0. The maximum Gasteiger partial charge on any atom is 0.419 e. The number of nitrogen functional groups attached to an aromatic ring is 1. The lowest BCUT2D eigenvalue weighted by molar-refractivity contribution is -0.142. The van der Waals surface area contributed by atoms with E-state index in [2.05, 4.69) is 15.9 Å². The SMILES string of the molecule is CC(C)(C)OC(=O)n1c(CN2CC(=O)N(Cc3ccc(C#N)c(N)c3)C(CN3CCOCC3)C2)cc2cc(Cl)ccc21. The molecule has 10 nitrogen and oxygen atoms in total. The summed E-state index contributed by atoms with van der Waals surface area (Å²) >= 11 is 6.27. The fourth-order valence-corrected chi connectivity index (χ4v) is 5.82. The highest BCUT2D eigenvalue weighted by molar-refractivity contribution is 6.31. The van der Waals surface area contributed by atoms with Gasteiger partial charge in [-0.3, -0.25) is 14.6 Å². The number of nitriles is 1. The summed E-state index contributed by atoms with van der Waals surface area (Å²) in [6, 6.07) is 14.7. The van der Waals surface area contributed by atoms with E-state index in [0.717, 1.165) is 29.7 Å². The average molecular weight is 593 g/mol. The predicted molar refractivity (Wildman–Crippen MR) is 161 cm³/mol. The molecule has 0 bridgehead atoms. The van der Waals surface area contributed by atoms with Crippen LogP contribution in [0.4, 0.5) is 10.5 Å². The monoisotopic (exact) mass is 592 g/mol. The van der Waals surface area contributed by atoms with Crippen molar-refractivity contribution < 1.29 is 19.1 Å². The van der Waals surface area contributed by atoms with Crippen LogP contribution in [-0.2, 0) is 27.4 Å². The number of anilines is 1. The van der Waals surface area contributed by atoms with Crippen molar-refractivity contribution in [1.82, 2.24) is 19.3 Å². The fourth-order valence-electron chi connectivity index (χ4n) is 5.64. The molecular formula is C31H37ClN6O4. The zero-order chi connectivity index (χ0) is 30.0. The summed E-state index contributed by atoms with van der Waals surface area (Å²) in [5, 5.41) is 10.7. The third-order valence-electron chi connectivity index (χ3n) is 7.55. The maximum absolute atomic E-state index is 13.7. The average Bonchev–Trinajstić information content (AvgIpc) is 3.27. The number of halogens is 1. The van der Waals surface area contributed by atoms with Gasteiger partial charge in [0.1, 0.15) is 11.7 Å². The second-order valence-electron chi connectivity index (χ2n) is 11.9. The standard InChI is InChI=1S/C31H37ClN6O4/c1-31(2,3)42-30(40)38-25(14-23-13-24(32)6-7-28(23)38)17-36-19-26(18-35-8-10-41-11-9-35)37(29(39)20-36)16-21-4-5-22(15-33)27(34)12-21/h4-7,12-14,26H,8-11,16-20,34H2,1-3H3. The molecule has 1 atom stereocenters. The molecule has 3 aromatic rings. The molecule has 5 rings (SSSR count). The Morgan fingerprint density at radius 1 is 1.12 bits per heavy atom. The number of aromatic nitrogens is 1. The number of hydrogen-bond acceptors (Lipinski definition) is 8. The van der Waals surface area contributed by atoms with Crippen LogP contribution in [0.1, 0.15) is 37.6 Å². The lowest BCUT2D eigenvalue weighted by atomic mass is 10.1. The van der Waals surface area contributed by atoms with Gasteiger partial charge in [-0.25, -0.2) is 9.36 Å². The van der Waals surface area contributed by atoms with Crippen molar-refractivity contribution in [2.45, 2.75) is 45.5 Å². The number of ether oxygens (including phenoxy) is 2. The Labute approximate surface area is 251 Å². The summed E-state index contributed by atoms with van der Waals surface area (Å²) in [5.74, 6) is -0.00888. The van der Waals surface area contributed by atoms with E-state index in [-0.39, 0.29) is 18.5 Å². The fraction of sp³-hybridized carbons (Fsp3) is 0.452. The van der Waals surface area contributed by atoms with Crippen LogP contribution in [0.3, 0.4) is 0 Å². The lowest BCUT2D eigenvalue weighted by Gasteiger charge is -2.43. The van der Waals surface area contributed by atoms with Crippen LogP contribution in [0.2, 0.25) is 5.02 Å². The first-order valence-electron chi connectivity index (χ1n) is 14.1. The predicted octanol–water partition coefficient (Wildman–Crippen LogP) is 4.08. The topological polar surface area (TPSA) is 117 Å². The first kappa shape index (κ1) is 29.9. The van der Waals surface area contributed by atoms with Crippen LogP contribution in [0.25, 0.3) is 10.9 Å². The van der Waals surface area contributed by atoms with Crippen LogP contribution in [0.15, 0.2) is 42.5 Å². The maximum atomic E-state index is 13.7. The molecule has 0 spiro atoms. The van der Waals surface area contributed by atoms with Crippen molar-refractivity contribution >= 4 is 40.2 Å².